The molecule has 2 saturated carbocycles. The van der Waals surface area contributed by atoms with Crippen LogP contribution in [-0.2, 0) is 10.0 Å². The average molecular weight is 469 g/mol. The number of sulfonamides is 1. The van der Waals surface area contributed by atoms with Gasteiger partial charge < -0.3 is 20.1 Å². The van der Waals surface area contributed by atoms with Crippen LogP contribution >= 0.6 is 0 Å². The number of ether oxygens (including phenoxy) is 1. The van der Waals surface area contributed by atoms with Crippen molar-refractivity contribution in [3.8, 4) is 5.75 Å². The van der Waals surface area contributed by atoms with E-state index in [9.17, 15) is 23.7 Å². The fourth-order valence-electron chi connectivity index (χ4n) is 5.62. The van der Waals surface area contributed by atoms with Gasteiger partial charge >= 0.3 is 0 Å². The smallest absolute Gasteiger partial charge is 0.244 e. The Balaban J connectivity index is 1.63. The topological polar surface area (TPSA) is 119 Å². The lowest BCUT2D eigenvalue weighted by molar-refractivity contribution is 0.0360. The zero-order valence-electron chi connectivity index (χ0n) is 18.5. The van der Waals surface area contributed by atoms with E-state index in [2.05, 4.69) is 9.62 Å². The van der Waals surface area contributed by atoms with Gasteiger partial charge in [-0.2, -0.15) is 0 Å². The van der Waals surface area contributed by atoms with E-state index in [1.54, 1.807) is 18.2 Å². The summed E-state index contributed by atoms with van der Waals surface area (Å²) in [6.07, 6.45) is 4.19. The molecule has 1 aliphatic heterocycles. The zero-order chi connectivity index (χ0) is 22.8. The molecule has 0 amide bonds. The molecular weight excluding hydrogens is 432 g/mol. The van der Waals surface area contributed by atoms with Gasteiger partial charge in [-0.3, -0.25) is 4.90 Å². The number of hydrogen-bond donors (Lipinski definition) is 4. The summed E-state index contributed by atoms with van der Waals surface area (Å²) in [5.74, 6) is 0.777. The number of rotatable bonds is 2. The number of benzene rings is 1. The van der Waals surface area contributed by atoms with Crippen LogP contribution in [0.3, 0.4) is 0 Å². The molecule has 2 aliphatic carbocycles. The van der Waals surface area contributed by atoms with Crippen LogP contribution in [0.4, 0.5) is 0 Å². The van der Waals surface area contributed by atoms with Gasteiger partial charge in [0.25, 0.3) is 0 Å². The van der Waals surface area contributed by atoms with Crippen molar-refractivity contribution >= 4 is 10.0 Å². The third-order valence-corrected chi connectivity index (χ3v) is 8.64. The quantitative estimate of drug-likeness (QED) is 0.513. The number of hydrogen-bond acceptors (Lipinski definition) is 7. The Morgan fingerprint density at radius 2 is 1.75 bits per heavy atom. The third kappa shape index (κ3) is 5.63. The molecule has 4 atom stereocenters. The van der Waals surface area contributed by atoms with E-state index in [1.807, 2.05) is 0 Å². The molecule has 4 rings (SSSR count). The van der Waals surface area contributed by atoms with Crippen molar-refractivity contribution in [1.29, 1.82) is 0 Å². The second kappa shape index (κ2) is 9.95. The summed E-state index contributed by atoms with van der Waals surface area (Å²) < 4.78 is 34.3. The molecule has 1 unspecified atom stereocenters. The van der Waals surface area contributed by atoms with Gasteiger partial charge in [-0.05, 0) is 43.7 Å². The molecule has 9 heteroatoms. The molecule has 1 spiro atoms. The summed E-state index contributed by atoms with van der Waals surface area (Å²) >= 11 is 0. The molecule has 2 fully saturated rings. The Morgan fingerprint density at radius 3 is 2.47 bits per heavy atom. The van der Waals surface area contributed by atoms with Crippen molar-refractivity contribution < 1.29 is 28.5 Å². The number of para-hydroxylation sites is 1. The molecule has 32 heavy (non-hydrogen) atoms. The number of aliphatic hydroxyl groups is 3. The maximum Gasteiger partial charge on any atom is 0.244 e. The number of β-amino-alcohol motifs (C(OH)–C–C–N with tert-alkyl or cyclic N) is 1. The molecule has 4 N–H and O–H groups in total. The van der Waals surface area contributed by atoms with Crippen LogP contribution in [0.15, 0.2) is 29.2 Å². The maximum absolute atomic E-state index is 12.9. The number of fused-ring (bicyclic) bond motifs is 1. The first-order valence-corrected chi connectivity index (χ1v) is 13.2. The Bertz CT molecular complexity index is 863. The standard InChI is InChI=1S/C23H36N2O6S/c26-18-12-24-32(29,30)22-9-5-4-8-21(22)31-16-23(10-19(27)20(28)11-23)15-25(14-18)13-17-6-2-1-3-7-17/h4-5,8-9,17-20,24,26-28H,1-3,6-7,10-16H2/t18-,19-,20+,23?/m0/s1. The highest BCUT2D eigenvalue weighted by Gasteiger charge is 2.46. The van der Waals surface area contributed by atoms with Crippen LogP contribution in [0.25, 0.3) is 0 Å². The maximum atomic E-state index is 12.9. The van der Waals surface area contributed by atoms with Crippen molar-refractivity contribution in [3.05, 3.63) is 24.3 Å². The minimum absolute atomic E-state index is 0.0288. The van der Waals surface area contributed by atoms with Gasteiger partial charge in [-0.25, -0.2) is 13.1 Å². The van der Waals surface area contributed by atoms with Crippen LogP contribution in [0, 0.1) is 11.3 Å². The van der Waals surface area contributed by atoms with Gasteiger partial charge in [0.1, 0.15) is 10.6 Å². The summed E-state index contributed by atoms with van der Waals surface area (Å²) in [5.41, 5.74) is -0.531. The van der Waals surface area contributed by atoms with Gasteiger partial charge in [-0.1, -0.05) is 31.4 Å². The summed E-state index contributed by atoms with van der Waals surface area (Å²) in [7, 11) is -3.86. The minimum Gasteiger partial charge on any atom is -0.492 e. The fourth-order valence-corrected chi connectivity index (χ4v) is 6.83. The summed E-state index contributed by atoms with van der Waals surface area (Å²) in [6.45, 7) is 1.81. The van der Waals surface area contributed by atoms with Gasteiger partial charge in [0, 0.05) is 31.6 Å². The normalized spacial score (nSPS) is 34.9. The second-order valence-corrected chi connectivity index (χ2v) is 11.7. The molecular formula is C23H36N2O6S. The second-order valence-electron chi connectivity index (χ2n) is 9.98. The molecule has 0 saturated heterocycles. The monoisotopic (exact) mass is 468 g/mol. The summed E-state index contributed by atoms with van der Waals surface area (Å²) in [6, 6.07) is 6.45. The first-order chi connectivity index (χ1) is 15.3. The van der Waals surface area contributed by atoms with Crippen LogP contribution in [0.2, 0.25) is 0 Å². The minimum atomic E-state index is -3.86. The van der Waals surface area contributed by atoms with Gasteiger partial charge in [0.2, 0.25) is 10.0 Å². The lowest BCUT2D eigenvalue weighted by Gasteiger charge is -2.39. The average Bonchev–Trinajstić information content (AvgIpc) is 3.04. The number of nitrogens with zero attached hydrogens (tertiary/aromatic N) is 1. The predicted molar refractivity (Wildman–Crippen MR) is 120 cm³/mol. The van der Waals surface area contributed by atoms with Gasteiger partial charge in [0.05, 0.1) is 24.9 Å². The Morgan fingerprint density at radius 1 is 1.06 bits per heavy atom. The van der Waals surface area contributed by atoms with Crippen LogP contribution in [0.5, 0.6) is 5.75 Å². The molecule has 1 aromatic carbocycles. The predicted octanol–water partition coefficient (Wildman–Crippen LogP) is 1.10. The van der Waals surface area contributed by atoms with Crippen molar-refractivity contribution in [1.82, 2.24) is 9.62 Å². The fraction of sp³-hybridized carbons (Fsp3) is 0.739. The lowest BCUT2D eigenvalue weighted by atomic mass is 9.84. The molecule has 1 heterocycles. The number of aliphatic hydroxyl groups excluding tert-OH is 3. The van der Waals surface area contributed by atoms with E-state index in [4.69, 9.17) is 4.74 Å². The Kier molecular flexibility index (Phi) is 7.43. The summed E-state index contributed by atoms with van der Waals surface area (Å²) in [5, 5.41) is 31.4. The highest BCUT2D eigenvalue weighted by atomic mass is 32.2. The molecule has 0 radical (unpaired) electrons. The van der Waals surface area contributed by atoms with Crippen LogP contribution < -0.4 is 9.46 Å². The Labute approximate surface area is 190 Å². The van der Waals surface area contributed by atoms with Gasteiger partial charge in [-0.15, -0.1) is 0 Å². The highest BCUT2D eigenvalue weighted by molar-refractivity contribution is 7.89. The van der Waals surface area contributed by atoms with E-state index in [1.165, 1.54) is 25.3 Å². The van der Waals surface area contributed by atoms with E-state index in [0.29, 0.717) is 31.8 Å². The van der Waals surface area contributed by atoms with Crippen LogP contribution in [-0.4, -0.2) is 79.7 Å². The van der Waals surface area contributed by atoms with Gasteiger partial charge in [0.15, 0.2) is 0 Å². The van der Waals surface area contributed by atoms with Crippen LogP contribution in [0.1, 0.15) is 44.9 Å². The lowest BCUT2D eigenvalue weighted by Crippen LogP contribution is -2.48. The molecule has 0 aromatic heterocycles. The molecule has 180 valence electrons. The largest absolute Gasteiger partial charge is 0.492 e. The van der Waals surface area contributed by atoms with E-state index in [-0.39, 0.29) is 23.8 Å². The molecule has 3 aliphatic rings. The molecule has 0 bridgehead atoms. The number of nitrogens with one attached hydrogen (secondary N) is 1. The molecule has 8 nitrogen and oxygen atoms in total. The first kappa shape index (κ1) is 23.9. The molecule has 1 aromatic rings. The third-order valence-electron chi connectivity index (χ3n) is 7.18. The van der Waals surface area contributed by atoms with E-state index >= 15 is 0 Å². The summed E-state index contributed by atoms with van der Waals surface area (Å²) in [4.78, 5) is 2.22. The van der Waals surface area contributed by atoms with E-state index in [0.717, 1.165) is 19.4 Å². The van der Waals surface area contributed by atoms with Crippen molar-refractivity contribution in [3.63, 3.8) is 0 Å². The Hall–Kier alpha value is -1.23. The van der Waals surface area contributed by atoms with Crippen molar-refractivity contribution in [2.45, 2.75) is 68.2 Å². The highest BCUT2D eigenvalue weighted by Crippen LogP contribution is 2.41. The first-order valence-electron chi connectivity index (χ1n) is 11.7. The van der Waals surface area contributed by atoms with Crippen molar-refractivity contribution in [2.75, 3.05) is 32.8 Å². The zero-order valence-corrected chi connectivity index (χ0v) is 19.3. The van der Waals surface area contributed by atoms with Crippen molar-refractivity contribution in [2.24, 2.45) is 11.3 Å². The SMILES string of the molecule is O=S1(=O)NC[C@H](O)CN(CC2CCCCC2)CC2(COc3ccccc31)C[C@@H](O)[C@@H](O)C2. The van der Waals surface area contributed by atoms with E-state index < -0.39 is 33.8 Å².